The Balaban J connectivity index is 1.34. The summed E-state index contributed by atoms with van der Waals surface area (Å²) in [6, 6.07) is 3.18. The first kappa shape index (κ1) is 43.4. The number of benzene rings is 3. The Hall–Kier alpha value is -5.90. The van der Waals surface area contributed by atoms with Crippen LogP contribution in [-0.4, -0.2) is 103 Å². The standard InChI is InChI=1S/C46H50N4O13S/c1-20-12-25-13-27-28(16-47)49-29-17-58-43(54)46(26-15-30(56-8)31(61-22(3)51)14-24(26)10-11-48-46)18-64-42(34-33(29)41-40(59-19-60-41)21(2)39(34)62-23(4)52)36(49)35(32(25)37(53)38(20)57-9)50(27)44(55)63-45(5,6)7/h12,14-15,27-29,35-36,42,48,53H,10-11,13,17-19H2,1-9H3/t27-,28+,29-,35+,36?,42-,46-/m1/s1. The van der Waals surface area contributed by atoms with Gasteiger partial charge in [-0.25, -0.2) is 9.59 Å². The molecule has 18 heteroatoms. The van der Waals surface area contributed by atoms with E-state index in [0.29, 0.717) is 57.8 Å². The van der Waals surface area contributed by atoms with Gasteiger partial charge in [0.05, 0.1) is 49.7 Å². The summed E-state index contributed by atoms with van der Waals surface area (Å²) in [6.07, 6.45) is -0.0329. The molecule has 10 rings (SSSR count). The van der Waals surface area contributed by atoms with Gasteiger partial charge in [0.15, 0.2) is 40.0 Å². The molecule has 17 nitrogen and oxygen atoms in total. The molecule has 1 unspecified atom stereocenters. The van der Waals surface area contributed by atoms with Crippen molar-refractivity contribution in [2.75, 3.05) is 39.9 Å². The number of nitrogens with zero attached hydrogens (tertiary/aromatic N) is 3. The Morgan fingerprint density at radius 3 is 2.36 bits per heavy atom. The van der Waals surface area contributed by atoms with Gasteiger partial charge in [0.1, 0.15) is 24.0 Å². The second kappa shape index (κ2) is 15.7. The van der Waals surface area contributed by atoms with Crippen LogP contribution < -0.4 is 33.7 Å². The van der Waals surface area contributed by atoms with E-state index in [1.807, 2.05) is 17.9 Å². The SMILES string of the molecule is COc1cc2c(cc1OC(C)=O)CCN[C@]21CS[C@@H]2c3c(OC(C)=O)c(C)c4c(c3[C@@H](COC1=O)N1C2[C@@H]2c3c(cc(C)c(OC)c3O)C[C@H]([C@@H]1C#N)N2C(=O)OC(C)(C)C)OCO4. The maximum atomic E-state index is 15.1. The van der Waals surface area contributed by atoms with Gasteiger partial charge < -0.3 is 43.0 Å². The number of nitrogens with one attached hydrogen (secondary N) is 1. The quantitative estimate of drug-likeness (QED) is 0.245. The summed E-state index contributed by atoms with van der Waals surface area (Å²) in [5.41, 5.74) is 2.19. The van der Waals surface area contributed by atoms with Crippen LogP contribution in [0, 0.1) is 25.2 Å². The van der Waals surface area contributed by atoms with Gasteiger partial charge in [-0.1, -0.05) is 6.07 Å². The number of ether oxygens (including phenoxy) is 8. The number of rotatable bonds is 4. The van der Waals surface area contributed by atoms with Gasteiger partial charge in [-0.15, -0.1) is 11.8 Å². The fourth-order valence-corrected chi connectivity index (χ4v) is 12.4. The summed E-state index contributed by atoms with van der Waals surface area (Å²) in [5, 5.41) is 26.4. The van der Waals surface area contributed by atoms with E-state index in [4.69, 9.17) is 37.9 Å². The van der Waals surface area contributed by atoms with E-state index in [1.165, 1.54) is 39.8 Å². The van der Waals surface area contributed by atoms with Crippen molar-refractivity contribution >= 4 is 35.8 Å². The Morgan fingerprint density at radius 2 is 1.69 bits per heavy atom. The number of hydrogen-bond donors (Lipinski definition) is 2. The molecule has 7 aliphatic rings. The lowest BCUT2D eigenvalue weighted by Crippen LogP contribution is -2.71. The molecule has 338 valence electrons. The van der Waals surface area contributed by atoms with Crippen LogP contribution in [-0.2, 0) is 42.2 Å². The molecule has 64 heavy (non-hydrogen) atoms. The molecule has 0 aromatic heterocycles. The number of phenols is 1. The van der Waals surface area contributed by atoms with Gasteiger partial charge in [-0.05, 0) is 81.8 Å². The van der Waals surface area contributed by atoms with Gasteiger partial charge >= 0.3 is 24.0 Å². The number of hydrogen-bond acceptors (Lipinski definition) is 17. The lowest BCUT2D eigenvalue weighted by Gasteiger charge is -2.62. The molecule has 3 aromatic rings. The van der Waals surface area contributed by atoms with E-state index in [2.05, 4.69) is 11.4 Å². The summed E-state index contributed by atoms with van der Waals surface area (Å²) >= 11 is 1.34. The van der Waals surface area contributed by atoms with Gasteiger partial charge in [-0.2, -0.15) is 5.26 Å². The topological polar surface area (TPSA) is 205 Å². The minimum absolute atomic E-state index is 0.00310. The van der Waals surface area contributed by atoms with E-state index < -0.39 is 70.6 Å². The number of fused-ring (bicyclic) bond motifs is 9. The minimum atomic E-state index is -1.51. The van der Waals surface area contributed by atoms with Crippen LogP contribution in [0.25, 0.3) is 0 Å². The van der Waals surface area contributed by atoms with Gasteiger partial charge in [0.2, 0.25) is 6.79 Å². The van der Waals surface area contributed by atoms with Crippen molar-refractivity contribution in [1.29, 1.82) is 5.26 Å². The zero-order chi connectivity index (χ0) is 45.7. The van der Waals surface area contributed by atoms with Crippen molar-refractivity contribution in [3.63, 3.8) is 0 Å². The largest absolute Gasteiger partial charge is 0.504 e. The maximum absolute atomic E-state index is 15.1. The molecule has 2 saturated heterocycles. The molecular weight excluding hydrogens is 849 g/mol. The number of thioether (sulfide) groups is 1. The highest BCUT2D eigenvalue weighted by Crippen LogP contribution is 2.65. The molecule has 2 N–H and O–H groups in total. The van der Waals surface area contributed by atoms with Crippen molar-refractivity contribution in [3.05, 3.63) is 62.7 Å². The number of phenolic OH excluding ortho intramolecular Hbond substituents is 1. The van der Waals surface area contributed by atoms with Crippen molar-refractivity contribution in [1.82, 2.24) is 15.1 Å². The molecule has 1 amide bonds. The molecule has 0 radical (unpaired) electrons. The number of carbonyl (C=O) groups is 4. The fraction of sp³-hybridized carbons (Fsp3) is 0.500. The van der Waals surface area contributed by atoms with Gasteiger partial charge in [-0.3, -0.25) is 24.7 Å². The lowest BCUT2D eigenvalue weighted by atomic mass is 9.71. The van der Waals surface area contributed by atoms with Gasteiger partial charge in [0, 0.05) is 48.4 Å². The minimum Gasteiger partial charge on any atom is -0.504 e. The molecule has 1 spiro atoms. The molecular formula is C46H50N4O13S. The summed E-state index contributed by atoms with van der Waals surface area (Å²) in [4.78, 5) is 58.8. The first-order valence-corrected chi connectivity index (χ1v) is 22.1. The van der Waals surface area contributed by atoms with Crippen LogP contribution in [0.2, 0.25) is 0 Å². The summed E-state index contributed by atoms with van der Waals surface area (Å²) in [5.74, 6) is -0.314. The molecule has 7 heterocycles. The fourth-order valence-electron chi connectivity index (χ4n) is 10.7. The number of piperazine rings is 1. The zero-order valence-electron chi connectivity index (χ0n) is 37.0. The van der Waals surface area contributed by atoms with Crippen molar-refractivity contribution in [3.8, 4) is 46.3 Å². The highest BCUT2D eigenvalue weighted by atomic mass is 32.2. The van der Waals surface area contributed by atoms with Crippen LogP contribution in [0.5, 0.6) is 40.2 Å². The van der Waals surface area contributed by atoms with E-state index >= 15 is 4.79 Å². The first-order chi connectivity index (χ1) is 30.4. The number of aryl methyl sites for hydroxylation is 1. The Morgan fingerprint density at radius 1 is 0.953 bits per heavy atom. The maximum Gasteiger partial charge on any atom is 0.411 e. The Bertz CT molecular complexity index is 2570. The number of nitriles is 1. The molecule has 7 aliphatic heterocycles. The molecule has 0 saturated carbocycles. The average Bonchev–Trinajstić information content (AvgIpc) is 3.72. The van der Waals surface area contributed by atoms with Crippen LogP contribution in [0.1, 0.15) is 96.5 Å². The van der Waals surface area contributed by atoms with E-state index in [9.17, 15) is 24.8 Å². The Labute approximate surface area is 374 Å². The van der Waals surface area contributed by atoms with E-state index in [-0.39, 0.29) is 54.3 Å². The van der Waals surface area contributed by atoms with Crippen LogP contribution in [0.15, 0.2) is 18.2 Å². The third-order valence-corrected chi connectivity index (χ3v) is 14.4. The molecule has 3 aromatic carbocycles. The number of methoxy groups -OCH3 is 2. The third-order valence-electron chi connectivity index (χ3n) is 13.0. The van der Waals surface area contributed by atoms with Crippen LogP contribution >= 0.6 is 11.8 Å². The van der Waals surface area contributed by atoms with Crippen LogP contribution in [0.3, 0.4) is 0 Å². The van der Waals surface area contributed by atoms with E-state index in [0.717, 1.165) is 11.1 Å². The molecule has 0 aliphatic carbocycles. The second-order valence-corrected chi connectivity index (χ2v) is 19.0. The predicted molar refractivity (Wildman–Crippen MR) is 228 cm³/mol. The summed E-state index contributed by atoms with van der Waals surface area (Å²) in [6.45, 7) is 11.4. The smallest absolute Gasteiger partial charge is 0.411 e. The van der Waals surface area contributed by atoms with Gasteiger partial charge in [0.25, 0.3) is 0 Å². The number of aromatic hydroxyl groups is 1. The predicted octanol–water partition coefficient (Wildman–Crippen LogP) is 5.51. The molecule has 4 bridgehead atoms. The number of amides is 1. The average molecular weight is 899 g/mol. The Kier molecular flexibility index (Phi) is 10.6. The molecule has 7 atom stereocenters. The van der Waals surface area contributed by atoms with Crippen LogP contribution in [0.4, 0.5) is 4.79 Å². The van der Waals surface area contributed by atoms with Crippen molar-refractivity contribution in [2.45, 2.75) is 108 Å². The highest BCUT2D eigenvalue weighted by molar-refractivity contribution is 7.99. The lowest BCUT2D eigenvalue weighted by molar-refractivity contribution is -0.157. The highest BCUT2D eigenvalue weighted by Gasteiger charge is 2.64. The van der Waals surface area contributed by atoms with E-state index in [1.54, 1.807) is 44.7 Å². The summed E-state index contributed by atoms with van der Waals surface area (Å²) in [7, 11) is 2.91. The second-order valence-electron chi connectivity index (χ2n) is 17.9. The number of esters is 3. The zero-order valence-corrected chi connectivity index (χ0v) is 37.9. The third kappa shape index (κ3) is 6.56. The van der Waals surface area contributed by atoms with Crippen molar-refractivity contribution < 1.29 is 62.2 Å². The normalized spacial score (nSPS) is 26.3. The number of carbonyl (C=O) groups excluding carboxylic acids is 4. The monoisotopic (exact) mass is 898 g/mol. The first-order valence-electron chi connectivity index (χ1n) is 21.1. The van der Waals surface area contributed by atoms with Crippen molar-refractivity contribution in [2.24, 2.45) is 0 Å². The molecule has 2 fully saturated rings. The summed E-state index contributed by atoms with van der Waals surface area (Å²) < 4.78 is 48.1.